The summed E-state index contributed by atoms with van der Waals surface area (Å²) >= 11 is 1.71. The minimum absolute atomic E-state index is 0.0552. The van der Waals surface area contributed by atoms with Crippen LogP contribution in [-0.2, 0) is 18.1 Å². The van der Waals surface area contributed by atoms with Crippen molar-refractivity contribution >= 4 is 17.7 Å². The van der Waals surface area contributed by atoms with Crippen LogP contribution in [-0.4, -0.2) is 35.2 Å². The van der Waals surface area contributed by atoms with E-state index in [1.807, 2.05) is 39.2 Å². The van der Waals surface area contributed by atoms with Gasteiger partial charge in [-0.25, -0.2) is 4.98 Å². The Balaban J connectivity index is 1.71. The third-order valence-corrected chi connectivity index (χ3v) is 4.90. The number of hydrogen-bond donors (Lipinski definition) is 2. The topological polar surface area (TPSA) is 70.2 Å². The summed E-state index contributed by atoms with van der Waals surface area (Å²) in [6.45, 7) is 2.89. The molecule has 1 atom stereocenters. The molecule has 7 heteroatoms. The number of aromatic nitrogens is 2. The lowest BCUT2D eigenvalue weighted by Gasteiger charge is -2.20. The molecule has 0 fully saturated rings. The predicted octanol–water partition coefficient (Wildman–Crippen LogP) is 2.81. The number of anilines is 1. The zero-order valence-corrected chi connectivity index (χ0v) is 15.7. The van der Waals surface area contributed by atoms with Crippen molar-refractivity contribution in [2.24, 2.45) is 0 Å². The Bertz CT molecular complexity index is 791. The normalized spacial score (nSPS) is 14.4. The molecule has 0 saturated carbocycles. The average molecular weight is 360 g/mol. The van der Waals surface area contributed by atoms with E-state index in [4.69, 9.17) is 4.74 Å². The zero-order chi connectivity index (χ0) is 17.8. The van der Waals surface area contributed by atoms with Crippen LogP contribution >= 0.6 is 11.8 Å². The lowest BCUT2D eigenvalue weighted by molar-refractivity contribution is 0.224. The number of nitrogens with zero attached hydrogens (tertiary/aromatic N) is 2. The molecule has 0 spiro atoms. The van der Waals surface area contributed by atoms with Gasteiger partial charge < -0.3 is 15.0 Å². The first-order chi connectivity index (χ1) is 12.0. The molecular formula is C18H24N4O2S. The zero-order valence-electron chi connectivity index (χ0n) is 14.8. The van der Waals surface area contributed by atoms with Crippen molar-refractivity contribution in [3.8, 4) is 5.75 Å². The number of aromatic amines is 1. The molecule has 1 aliphatic rings. The fraction of sp³-hybridized carbons (Fsp3) is 0.444. The smallest absolute Gasteiger partial charge is 0.256 e. The maximum Gasteiger partial charge on any atom is 0.256 e. The van der Waals surface area contributed by atoms with E-state index < -0.39 is 0 Å². The first-order valence-electron chi connectivity index (χ1n) is 8.42. The van der Waals surface area contributed by atoms with Crippen LogP contribution < -0.4 is 15.6 Å². The molecule has 2 heterocycles. The van der Waals surface area contributed by atoms with Crippen molar-refractivity contribution < 1.29 is 4.74 Å². The molecule has 3 rings (SSSR count). The number of benzene rings is 1. The summed E-state index contributed by atoms with van der Waals surface area (Å²) < 4.78 is 6.05. The van der Waals surface area contributed by atoms with Gasteiger partial charge in [0.15, 0.2) is 6.23 Å². The Hall–Kier alpha value is -1.99. The summed E-state index contributed by atoms with van der Waals surface area (Å²) in [5, 5.41) is 3.20. The van der Waals surface area contributed by atoms with Crippen molar-refractivity contribution in [3.63, 3.8) is 0 Å². The second-order valence-corrected chi connectivity index (χ2v) is 7.36. The second-order valence-electron chi connectivity index (χ2n) is 6.38. The summed E-state index contributed by atoms with van der Waals surface area (Å²) in [7, 11) is 4.08. The van der Waals surface area contributed by atoms with Crippen molar-refractivity contribution in [2.45, 2.75) is 37.6 Å². The lowest BCUT2D eigenvalue weighted by Crippen LogP contribution is -2.28. The molecule has 1 unspecified atom stereocenters. The SMILES string of the molecule is CCC(Nc1nc2c(c(=O)[nH]1)CSC2)Oc1cccc(CN(C)C)c1. The molecule has 0 saturated heterocycles. The molecule has 134 valence electrons. The van der Waals surface area contributed by atoms with Crippen LogP contribution in [0.5, 0.6) is 5.75 Å². The van der Waals surface area contributed by atoms with E-state index in [1.165, 1.54) is 5.56 Å². The van der Waals surface area contributed by atoms with Crippen molar-refractivity contribution in [2.75, 3.05) is 19.4 Å². The molecule has 2 N–H and O–H groups in total. The van der Waals surface area contributed by atoms with Gasteiger partial charge in [-0.05, 0) is 31.8 Å². The van der Waals surface area contributed by atoms with Crippen LogP contribution in [0, 0.1) is 0 Å². The van der Waals surface area contributed by atoms with Gasteiger partial charge in [-0.2, -0.15) is 11.8 Å². The lowest BCUT2D eigenvalue weighted by atomic mass is 10.2. The van der Waals surface area contributed by atoms with Gasteiger partial charge in [0.05, 0.1) is 5.69 Å². The Morgan fingerprint density at radius 3 is 3.00 bits per heavy atom. The first-order valence-corrected chi connectivity index (χ1v) is 9.57. The van der Waals surface area contributed by atoms with Crippen LogP contribution in [0.15, 0.2) is 29.1 Å². The second kappa shape index (κ2) is 7.93. The van der Waals surface area contributed by atoms with Gasteiger partial charge in [0.2, 0.25) is 5.95 Å². The van der Waals surface area contributed by atoms with Crippen LogP contribution in [0.4, 0.5) is 5.95 Å². The molecule has 0 aliphatic carbocycles. The fourth-order valence-electron chi connectivity index (χ4n) is 2.74. The van der Waals surface area contributed by atoms with Gasteiger partial charge >= 0.3 is 0 Å². The number of H-pyrrole nitrogens is 1. The highest BCUT2D eigenvalue weighted by molar-refractivity contribution is 7.98. The van der Waals surface area contributed by atoms with Crippen LogP contribution in [0.2, 0.25) is 0 Å². The Morgan fingerprint density at radius 2 is 2.24 bits per heavy atom. The van der Waals surface area contributed by atoms with Gasteiger partial charge in [0.25, 0.3) is 5.56 Å². The summed E-state index contributed by atoms with van der Waals surface area (Å²) in [5.41, 5.74) is 2.80. The van der Waals surface area contributed by atoms with E-state index in [-0.39, 0.29) is 11.8 Å². The van der Waals surface area contributed by atoms with Crippen molar-refractivity contribution in [1.82, 2.24) is 14.9 Å². The highest BCUT2D eigenvalue weighted by Gasteiger charge is 2.19. The summed E-state index contributed by atoms with van der Waals surface area (Å²) in [5.74, 6) is 2.81. The monoisotopic (exact) mass is 360 g/mol. The Kier molecular flexibility index (Phi) is 5.65. The third kappa shape index (κ3) is 4.55. The number of nitrogens with one attached hydrogen (secondary N) is 2. The number of hydrogen-bond acceptors (Lipinski definition) is 6. The van der Waals surface area contributed by atoms with Crippen LogP contribution in [0.25, 0.3) is 0 Å². The highest BCUT2D eigenvalue weighted by Crippen LogP contribution is 2.26. The summed E-state index contributed by atoms with van der Waals surface area (Å²) in [6.07, 6.45) is 0.484. The summed E-state index contributed by atoms with van der Waals surface area (Å²) in [6, 6.07) is 8.06. The summed E-state index contributed by atoms with van der Waals surface area (Å²) in [4.78, 5) is 21.6. The van der Waals surface area contributed by atoms with E-state index >= 15 is 0 Å². The molecule has 0 amide bonds. The maximum absolute atomic E-state index is 12.1. The van der Waals surface area contributed by atoms with Gasteiger partial charge in [-0.1, -0.05) is 19.1 Å². The molecule has 2 aromatic rings. The minimum atomic E-state index is -0.259. The van der Waals surface area contributed by atoms with Crippen LogP contribution in [0.3, 0.4) is 0 Å². The molecule has 0 bridgehead atoms. The van der Waals surface area contributed by atoms with Crippen molar-refractivity contribution in [3.05, 3.63) is 51.4 Å². The standard InChI is InChI=1S/C18H24N4O2S/c1-4-16(24-13-7-5-6-12(8-13)9-22(2)3)20-18-19-15-11-25-10-14(15)17(23)21-18/h5-8,16H,4,9-11H2,1-3H3,(H2,19,20,21,23). The molecular weight excluding hydrogens is 336 g/mol. The maximum atomic E-state index is 12.1. The van der Waals surface area contributed by atoms with Gasteiger partial charge in [-0.15, -0.1) is 0 Å². The quantitative estimate of drug-likeness (QED) is 0.740. The molecule has 25 heavy (non-hydrogen) atoms. The Labute approximate surface area is 152 Å². The van der Waals surface area contributed by atoms with Crippen LogP contribution in [0.1, 0.15) is 30.2 Å². The number of fused-ring (bicyclic) bond motifs is 1. The Morgan fingerprint density at radius 1 is 1.40 bits per heavy atom. The third-order valence-electron chi connectivity index (χ3n) is 3.93. The number of rotatable bonds is 7. The molecule has 1 aliphatic heterocycles. The fourth-order valence-corrected chi connectivity index (χ4v) is 3.78. The van der Waals surface area contributed by atoms with E-state index in [0.29, 0.717) is 5.95 Å². The van der Waals surface area contributed by atoms with Crippen molar-refractivity contribution in [1.29, 1.82) is 0 Å². The van der Waals surface area contributed by atoms with E-state index in [9.17, 15) is 4.79 Å². The van der Waals surface area contributed by atoms with E-state index in [1.54, 1.807) is 11.8 Å². The number of thioether (sulfide) groups is 1. The predicted molar refractivity (Wildman–Crippen MR) is 102 cm³/mol. The average Bonchev–Trinajstić information content (AvgIpc) is 3.03. The van der Waals surface area contributed by atoms with Gasteiger partial charge in [0, 0.05) is 30.0 Å². The molecule has 0 radical (unpaired) electrons. The number of ether oxygens (including phenoxy) is 1. The van der Waals surface area contributed by atoms with Gasteiger partial charge in [0.1, 0.15) is 5.75 Å². The van der Waals surface area contributed by atoms with E-state index in [2.05, 4.69) is 26.3 Å². The first kappa shape index (κ1) is 17.8. The highest BCUT2D eigenvalue weighted by atomic mass is 32.2. The van der Waals surface area contributed by atoms with E-state index in [0.717, 1.165) is 41.5 Å². The molecule has 1 aromatic heterocycles. The largest absolute Gasteiger partial charge is 0.471 e. The molecule has 6 nitrogen and oxygen atoms in total. The van der Waals surface area contributed by atoms with Gasteiger partial charge in [-0.3, -0.25) is 9.78 Å². The molecule has 1 aromatic carbocycles. The minimum Gasteiger partial charge on any atom is -0.471 e.